The molecule has 1 fully saturated rings. The van der Waals surface area contributed by atoms with Crippen molar-refractivity contribution in [3.63, 3.8) is 0 Å². The molecule has 31 heavy (non-hydrogen) atoms. The Morgan fingerprint density at radius 1 is 1.29 bits per heavy atom. The molecule has 162 valence electrons. The Morgan fingerprint density at radius 2 is 2.06 bits per heavy atom. The maximum absolute atomic E-state index is 13.0. The van der Waals surface area contributed by atoms with Gasteiger partial charge < -0.3 is 16.0 Å². The van der Waals surface area contributed by atoms with Crippen molar-refractivity contribution >= 4 is 22.4 Å². The third-order valence-electron chi connectivity index (χ3n) is 5.70. The highest BCUT2D eigenvalue weighted by Crippen LogP contribution is 2.37. The predicted molar refractivity (Wildman–Crippen MR) is 110 cm³/mol. The molecule has 0 amide bonds. The second-order valence-electron chi connectivity index (χ2n) is 7.72. The molecule has 1 saturated carbocycles. The Balaban J connectivity index is 1.76. The van der Waals surface area contributed by atoms with Gasteiger partial charge in [-0.1, -0.05) is 25.0 Å². The summed E-state index contributed by atoms with van der Waals surface area (Å²) in [4.78, 5) is 15.2. The molecule has 3 atom stereocenters. The van der Waals surface area contributed by atoms with Crippen molar-refractivity contribution in [1.82, 2.24) is 14.8 Å². The molecular weight excluding hydrogens is 409 g/mol. The standard InChI is InChI=1S/C21H21F3N6O/c22-21(23,24)18(26)12-5-3-6-14(10-12)28-19-17-16(8-9-27-20(17)31)30(29-19)15-7-2-1-4-13(15)11-25/h3,5-6,8-10,13,15,18H,1-2,4,7,26H2,(H,27,31)(H,28,29). The number of benzene rings is 1. The SMILES string of the molecule is N#CC1CCCCC1n1nc(Nc2cccc(C(N)C(F)(F)F)c2)c2c(=O)[nH]ccc21. The van der Waals surface area contributed by atoms with Crippen LogP contribution in [0, 0.1) is 17.2 Å². The fourth-order valence-electron chi connectivity index (χ4n) is 4.13. The number of pyridine rings is 1. The first-order valence-electron chi connectivity index (χ1n) is 9.98. The monoisotopic (exact) mass is 430 g/mol. The average molecular weight is 430 g/mol. The van der Waals surface area contributed by atoms with E-state index in [-0.39, 0.29) is 34.3 Å². The quantitative estimate of drug-likeness (QED) is 0.572. The Bertz CT molecular complexity index is 1190. The molecule has 0 aliphatic heterocycles. The minimum atomic E-state index is -4.57. The number of nitrogens with zero attached hydrogens (tertiary/aromatic N) is 3. The smallest absolute Gasteiger partial charge is 0.338 e. The number of hydrogen-bond donors (Lipinski definition) is 3. The normalized spacial score (nSPS) is 20.4. The number of nitrogens with two attached hydrogens (primary N) is 1. The van der Waals surface area contributed by atoms with E-state index in [0.29, 0.717) is 11.2 Å². The van der Waals surface area contributed by atoms with Crippen LogP contribution >= 0.6 is 0 Å². The van der Waals surface area contributed by atoms with Crippen molar-refractivity contribution in [3.05, 3.63) is 52.4 Å². The van der Waals surface area contributed by atoms with Crippen molar-refractivity contribution in [2.45, 2.75) is 43.9 Å². The average Bonchev–Trinajstić information content (AvgIpc) is 3.12. The van der Waals surface area contributed by atoms with Crippen LogP contribution in [-0.2, 0) is 0 Å². The van der Waals surface area contributed by atoms with Crippen LogP contribution in [0.2, 0.25) is 0 Å². The maximum atomic E-state index is 13.0. The lowest BCUT2D eigenvalue weighted by atomic mass is 9.85. The van der Waals surface area contributed by atoms with Crippen LogP contribution in [0.4, 0.5) is 24.7 Å². The summed E-state index contributed by atoms with van der Waals surface area (Å²) >= 11 is 0. The zero-order valence-electron chi connectivity index (χ0n) is 16.5. The molecule has 0 spiro atoms. The third kappa shape index (κ3) is 4.01. The number of halogens is 3. The summed E-state index contributed by atoms with van der Waals surface area (Å²) in [7, 11) is 0. The van der Waals surface area contributed by atoms with Crippen LogP contribution in [0.1, 0.15) is 43.3 Å². The van der Waals surface area contributed by atoms with Gasteiger partial charge in [-0.25, -0.2) is 0 Å². The van der Waals surface area contributed by atoms with Crippen LogP contribution in [-0.4, -0.2) is 20.9 Å². The molecule has 4 rings (SSSR count). The van der Waals surface area contributed by atoms with Gasteiger partial charge in [-0.05, 0) is 36.6 Å². The Kier molecular flexibility index (Phi) is 5.45. The topological polar surface area (TPSA) is 113 Å². The van der Waals surface area contributed by atoms with Crippen molar-refractivity contribution < 1.29 is 13.2 Å². The highest BCUT2D eigenvalue weighted by Gasteiger charge is 2.38. The molecule has 3 aromatic rings. The fourth-order valence-corrected chi connectivity index (χ4v) is 4.13. The van der Waals surface area contributed by atoms with Gasteiger partial charge in [0, 0.05) is 11.9 Å². The number of fused-ring (bicyclic) bond motifs is 1. The van der Waals surface area contributed by atoms with E-state index in [1.807, 2.05) is 0 Å². The molecule has 10 heteroatoms. The molecule has 2 aromatic heterocycles. The molecule has 4 N–H and O–H groups in total. The summed E-state index contributed by atoms with van der Waals surface area (Å²) in [6.07, 6.45) is 0.375. The Morgan fingerprint density at radius 3 is 2.81 bits per heavy atom. The number of nitrogens with one attached hydrogen (secondary N) is 2. The summed E-state index contributed by atoms with van der Waals surface area (Å²) in [6, 6.07) is 7.38. The third-order valence-corrected chi connectivity index (χ3v) is 5.70. The molecular formula is C21H21F3N6O. The number of alkyl halides is 3. The summed E-state index contributed by atoms with van der Waals surface area (Å²) in [5, 5.41) is 17.4. The van der Waals surface area contributed by atoms with Crippen molar-refractivity contribution in [2.24, 2.45) is 11.7 Å². The first-order valence-corrected chi connectivity index (χ1v) is 9.98. The second kappa shape index (κ2) is 8.07. The number of aromatic amines is 1. The van der Waals surface area contributed by atoms with Gasteiger partial charge in [0.15, 0.2) is 5.82 Å². The lowest BCUT2D eigenvalue weighted by Crippen LogP contribution is -2.28. The van der Waals surface area contributed by atoms with Crippen molar-refractivity contribution in [1.29, 1.82) is 5.26 Å². The molecule has 0 radical (unpaired) electrons. The van der Waals surface area contributed by atoms with E-state index >= 15 is 0 Å². The van der Waals surface area contributed by atoms with E-state index in [9.17, 15) is 23.2 Å². The Labute approximate surface area is 175 Å². The van der Waals surface area contributed by atoms with Gasteiger partial charge in [0.2, 0.25) is 0 Å². The van der Waals surface area contributed by atoms with Gasteiger partial charge in [-0.2, -0.15) is 23.5 Å². The number of nitriles is 1. The summed E-state index contributed by atoms with van der Waals surface area (Å²) in [5.41, 5.74) is 5.74. The van der Waals surface area contributed by atoms with E-state index in [4.69, 9.17) is 5.73 Å². The first-order chi connectivity index (χ1) is 14.8. The minimum absolute atomic E-state index is 0.105. The summed E-state index contributed by atoms with van der Waals surface area (Å²) < 4.78 is 40.7. The van der Waals surface area contributed by atoms with Gasteiger partial charge >= 0.3 is 6.18 Å². The summed E-state index contributed by atoms with van der Waals surface area (Å²) in [6.45, 7) is 0. The van der Waals surface area contributed by atoms with Crippen LogP contribution in [0.15, 0.2) is 41.3 Å². The van der Waals surface area contributed by atoms with Gasteiger partial charge in [0.1, 0.15) is 11.4 Å². The van der Waals surface area contributed by atoms with Crippen LogP contribution < -0.4 is 16.6 Å². The van der Waals surface area contributed by atoms with E-state index in [1.165, 1.54) is 24.4 Å². The second-order valence-corrected chi connectivity index (χ2v) is 7.72. The van der Waals surface area contributed by atoms with Crippen LogP contribution in [0.25, 0.3) is 10.9 Å². The van der Waals surface area contributed by atoms with Gasteiger partial charge in [-0.15, -0.1) is 0 Å². The van der Waals surface area contributed by atoms with Gasteiger partial charge in [0.05, 0.1) is 23.5 Å². The van der Waals surface area contributed by atoms with E-state index in [2.05, 4.69) is 21.5 Å². The number of rotatable bonds is 4. The molecule has 1 aromatic carbocycles. The highest BCUT2D eigenvalue weighted by atomic mass is 19.4. The lowest BCUT2D eigenvalue weighted by Gasteiger charge is -2.27. The molecule has 1 aliphatic rings. The predicted octanol–water partition coefficient (Wildman–Crippen LogP) is 4.29. The number of aromatic nitrogens is 3. The van der Waals surface area contributed by atoms with E-state index < -0.39 is 12.2 Å². The lowest BCUT2D eigenvalue weighted by molar-refractivity contribution is -0.149. The molecule has 0 saturated heterocycles. The van der Waals surface area contributed by atoms with Crippen LogP contribution in [0.3, 0.4) is 0 Å². The zero-order valence-corrected chi connectivity index (χ0v) is 16.5. The summed E-state index contributed by atoms with van der Waals surface area (Å²) in [5.74, 6) is -0.00561. The Hall–Kier alpha value is -3.32. The fraction of sp³-hybridized carbons (Fsp3) is 0.381. The molecule has 7 nitrogen and oxygen atoms in total. The number of anilines is 2. The molecule has 3 unspecified atom stereocenters. The highest BCUT2D eigenvalue weighted by molar-refractivity contribution is 5.91. The molecule has 0 bridgehead atoms. The van der Waals surface area contributed by atoms with Gasteiger partial charge in [0.25, 0.3) is 5.56 Å². The van der Waals surface area contributed by atoms with E-state index in [0.717, 1.165) is 25.7 Å². The number of H-pyrrole nitrogens is 1. The minimum Gasteiger partial charge on any atom is -0.338 e. The van der Waals surface area contributed by atoms with Crippen LogP contribution in [0.5, 0.6) is 0 Å². The first kappa shape index (κ1) is 20.9. The number of hydrogen-bond acceptors (Lipinski definition) is 5. The van der Waals surface area contributed by atoms with E-state index in [1.54, 1.807) is 16.8 Å². The molecule has 1 aliphatic carbocycles. The van der Waals surface area contributed by atoms with Crippen molar-refractivity contribution in [2.75, 3.05) is 5.32 Å². The molecule has 2 heterocycles. The van der Waals surface area contributed by atoms with Crippen molar-refractivity contribution in [3.8, 4) is 6.07 Å². The van der Waals surface area contributed by atoms with Gasteiger partial charge in [-0.3, -0.25) is 9.48 Å². The maximum Gasteiger partial charge on any atom is 0.407 e. The zero-order chi connectivity index (χ0) is 22.2. The largest absolute Gasteiger partial charge is 0.407 e.